The van der Waals surface area contributed by atoms with Gasteiger partial charge in [0.25, 0.3) is 0 Å². The minimum atomic E-state index is 0. The number of carbonyl (C=O) groups is 1. The maximum Gasteiger partial charge on any atom is 0.151 e. The molecule has 0 saturated carbocycles. The van der Waals surface area contributed by atoms with Gasteiger partial charge < -0.3 is 22.3 Å². The molecule has 0 aliphatic rings. The fraction of sp³-hybridized carbons (Fsp3) is 0.353. The quantitative estimate of drug-likeness (QED) is 0.203. The number of benzene rings is 1. The third-order valence-corrected chi connectivity index (χ3v) is 5.53. The Morgan fingerprint density at radius 2 is 1.62 bits per heavy atom. The molecule has 0 amide bonds. The van der Waals surface area contributed by atoms with E-state index in [0.717, 1.165) is 9.13 Å². The SMILES string of the molecule is C[C-](C)c1cc(C(=O)CC(C)C)cc(I)c1I.[CH3-].[CH3-].[CH3-].[W]. The van der Waals surface area contributed by atoms with Crippen molar-refractivity contribution in [2.45, 2.75) is 34.1 Å². The van der Waals surface area contributed by atoms with Crippen molar-refractivity contribution in [3.8, 4) is 0 Å². The first kappa shape index (κ1) is 29.9. The van der Waals surface area contributed by atoms with Crippen LogP contribution in [-0.4, -0.2) is 5.78 Å². The Kier molecular flexibility index (Phi) is 19.0. The molecule has 1 aromatic carbocycles. The van der Waals surface area contributed by atoms with Gasteiger partial charge in [-0.1, -0.05) is 59.9 Å². The zero-order valence-corrected chi connectivity index (χ0v) is 21.3. The molecule has 124 valence electrons. The molecule has 0 spiro atoms. The van der Waals surface area contributed by atoms with Gasteiger partial charge in [-0.3, -0.25) is 4.79 Å². The number of ketones is 1. The topological polar surface area (TPSA) is 17.1 Å². The molecule has 0 radical (unpaired) electrons. The average molecular weight is 684 g/mol. The van der Waals surface area contributed by atoms with Crippen LogP contribution in [0.25, 0.3) is 0 Å². The van der Waals surface area contributed by atoms with Gasteiger partial charge in [0, 0.05) is 27.5 Å². The van der Waals surface area contributed by atoms with Crippen molar-refractivity contribution in [1.82, 2.24) is 0 Å². The first-order valence-electron chi connectivity index (χ1n) is 5.65. The zero-order chi connectivity index (χ0) is 13.2. The number of carbonyl (C=O) groups excluding carboxylic acids is 1. The molecule has 1 aromatic rings. The fourth-order valence-electron chi connectivity index (χ4n) is 1.60. The van der Waals surface area contributed by atoms with Gasteiger partial charge in [0.05, 0.1) is 0 Å². The van der Waals surface area contributed by atoms with Crippen molar-refractivity contribution in [2.24, 2.45) is 5.92 Å². The zero-order valence-electron chi connectivity index (χ0n) is 14.0. The van der Waals surface area contributed by atoms with Crippen LogP contribution in [0.1, 0.15) is 50.0 Å². The molecule has 0 fully saturated rings. The molecule has 21 heavy (non-hydrogen) atoms. The Balaban J connectivity index is -0.000000361. The van der Waals surface area contributed by atoms with E-state index in [-0.39, 0.29) is 49.1 Å². The van der Waals surface area contributed by atoms with Crippen LogP contribution in [0, 0.1) is 41.3 Å². The summed E-state index contributed by atoms with van der Waals surface area (Å²) in [4.78, 5) is 12.1. The number of hydrogen-bond acceptors (Lipinski definition) is 1. The van der Waals surface area contributed by atoms with Crippen LogP contribution in [0.5, 0.6) is 0 Å². The van der Waals surface area contributed by atoms with Gasteiger partial charge in [0.15, 0.2) is 5.78 Å². The number of Topliss-reactive ketones (excluding diaryl/α,β-unsaturated/α-hetero) is 1. The van der Waals surface area contributed by atoms with E-state index in [0.29, 0.717) is 12.3 Å². The number of rotatable bonds is 4. The smallest absolute Gasteiger partial charge is 0.151 e. The van der Waals surface area contributed by atoms with Gasteiger partial charge >= 0.3 is 0 Å². The second kappa shape index (κ2) is 13.4. The Morgan fingerprint density at radius 1 is 1.14 bits per heavy atom. The van der Waals surface area contributed by atoms with Gasteiger partial charge in [0.2, 0.25) is 0 Å². The predicted molar refractivity (Wildman–Crippen MR) is 109 cm³/mol. The van der Waals surface area contributed by atoms with Gasteiger partial charge in [-0.15, -0.1) is 22.6 Å². The van der Waals surface area contributed by atoms with Crippen LogP contribution in [-0.2, 0) is 21.1 Å². The van der Waals surface area contributed by atoms with Crippen LogP contribution in [0.2, 0.25) is 0 Å². The third kappa shape index (κ3) is 8.94. The molecule has 0 saturated heterocycles. The Morgan fingerprint density at radius 3 is 2.00 bits per heavy atom. The molecule has 0 N–H and O–H groups in total. The summed E-state index contributed by atoms with van der Waals surface area (Å²) in [7, 11) is 0. The molecule has 1 rings (SSSR count). The largest absolute Gasteiger partial charge is 0.358 e. The van der Waals surface area contributed by atoms with Crippen LogP contribution >= 0.6 is 45.2 Å². The van der Waals surface area contributed by atoms with Crippen molar-refractivity contribution in [3.63, 3.8) is 0 Å². The summed E-state index contributed by atoms with van der Waals surface area (Å²) in [6.07, 6.45) is 0.624. The Hall–Kier alpha value is 0.908. The van der Waals surface area contributed by atoms with Gasteiger partial charge in [-0.2, -0.15) is 17.5 Å². The van der Waals surface area contributed by atoms with E-state index in [4.69, 9.17) is 0 Å². The van der Waals surface area contributed by atoms with Crippen LogP contribution in [0.15, 0.2) is 12.1 Å². The average Bonchev–Trinajstić information content (AvgIpc) is 2.20. The number of halogens is 2. The molecular weight excluding hydrogens is 658 g/mol. The molecule has 0 heterocycles. The molecule has 0 bridgehead atoms. The van der Waals surface area contributed by atoms with E-state index in [1.165, 1.54) is 15.1 Å². The van der Waals surface area contributed by atoms with Crippen molar-refractivity contribution < 1.29 is 25.9 Å². The molecular formula is C17H26I2OW-4. The fourth-order valence-corrected chi connectivity index (χ4v) is 3.08. The van der Waals surface area contributed by atoms with Crippen molar-refractivity contribution in [2.75, 3.05) is 0 Å². The molecule has 0 atom stereocenters. The van der Waals surface area contributed by atoms with Crippen molar-refractivity contribution >= 4 is 51.0 Å². The summed E-state index contributed by atoms with van der Waals surface area (Å²) in [5, 5.41) is 0. The summed E-state index contributed by atoms with van der Waals surface area (Å²) in [5.41, 5.74) is 2.05. The molecule has 0 aliphatic carbocycles. The molecule has 0 aliphatic heterocycles. The Bertz CT molecular complexity index is 429. The number of hydrogen-bond donors (Lipinski definition) is 0. The maximum atomic E-state index is 12.1. The third-order valence-electron chi connectivity index (χ3n) is 2.48. The van der Waals surface area contributed by atoms with Crippen LogP contribution < -0.4 is 0 Å². The monoisotopic (exact) mass is 684 g/mol. The molecule has 0 unspecified atom stereocenters. The van der Waals surface area contributed by atoms with Crippen LogP contribution in [0.3, 0.4) is 0 Å². The summed E-state index contributed by atoms with van der Waals surface area (Å²) >= 11 is 4.65. The van der Waals surface area contributed by atoms with E-state index in [9.17, 15) is 4.79 Å². The summed E-state index contributed by atoms with van der Waals surface area (Å²) in [5.74, 6) is 1.91. The van der Waals surface area contributed by atoms with E-state index >= 15 is 0 Å². The minimum absolute atomic E-state index is 0. The summed E-state index contributed by atoms with van der Waals surface area (Å²) in [6.45, 7) is 8.33. The first-order valence-corrected chi connectivity index (χ1v) is 7.81. The summed E-state index contributed by atoms with van der Waals surface area (Å²) in [6, 6.07) is 4.03. The van der Waals surface area contributed by atoms with E-state index in [1.54, 1.807) is 0 Å². The van der Waals surface area contributed by atoms with Crippen molar-refractivity contribution in [1.29, 1.82) is 0 Å². The molecule has 4 heteroatoms. The normalized spacial score (nSPS) is 8.71. The van der Waals surface area contributed by atoms with Crippen LogP contribution in [0.4, 0.5) is 0 Å². The Labute approximate surface area is 174 Å². The van der Waals surface area contributed by atoms with E-state index in [2.05, 4.69) is 72.9 Å². The summed E-state index contributed by atoms with van der Waals surface area (Å²) < 4.78 is 2.40. The molecule has 0 aromatic heterocycles. The molecule has 1 nitrogen and oxygen atoms in total. The van der Waals surface area contributed by atoms with Gasteiger partial charge in [-0.05, 0) is 15.1 Å². The standard InChI is InChI=1S/C14H17I2O.3CH3.W/c1-8(2)5-13(17)10-6-11(9(3)4)14(16)12(15)7-10;;;;/h6-8H,5H2,1-4H3;3*1H3;/q4*-1;. The second-order valence-electron chi connectivity index (χ2n) is 4.84. The van der Waals surface area contributed by atoms with E-state index < -0.39 is 0 Å². The van der Waals surface area contributed by atoms with Gasteiger partial charge in [0.1, 0.15) is 0 Å². The van der Waals surface area contributed by atoms with Crippen molar-refractivity contribution in [3.05, 3.63) is 58.6 Å². The minimum Gasteiger partial charge on any atom is -0.358 e. The predicted octanol–water partition coefficient (Wildman–Crippen LogP) is 6.44. The first-order chi connectivity index (χ1) is 7.82. The van der Waals surface area contributed by atoms with E-state index in [1.807, 2.05) is 12.1 Å². The maximum absolute atomic E-state index is 12.1. The van der Waals surface area contributed by atoms with Gasteiger partial charge in [-0.25, -0.2) is 0 Å². The second-order valence-corrected chi connectivity index (χ2v) is 7.08.